The molecular formula is C36H38N2O8. The molecule has 5 aromatic rings. The second-order valence-electron chi connectivity index (χ2n) is 10.5. The summed E-state index contributed by atoms with van der Waals surface area (Å²) in [4.78, 5) is 4.86. The summed E-state index contributed by atoms with van der Waals surface area (Å²) in [5.74, 6) is 4.34. The Morgan fingerprint density at radius 1 is 0.587 bits per heavy atom. The molecule has 5 rings (SSSR count). The van der Waals surface area contributed by atoms with Crippen LogP contribution in [-0.4, -0.2) is 61.4 Å². The van der Waals surface area contributed by atoms with Gasteiger partial charge in [-0.3, -0.25) is 0 Å². The van der Waals surface area contributed by atoms with Crippen LogP contribution in [0, 0.1) is 0 Å². The Hall–Kier alpha value is -5.19. The number of rotatable bonds is 14. The lowest BCUT2D eigenvalue weighted by Gasteiger charge is -2.15. The number of benzene rings is 4. The lowest BCUT2D eigenvalue weighted by Crippen LogP contribution is -2.10. The normalized spacial score (nSPS) is 12.2. The van der Waals surface area contributed by atoms with E-state index in [1.54, 1.807) is 64.8 Å². The van der Waals surface area contributed by atoms with Gasteiger partial charge in [0.05, 0.1) is 34.1 Å². The molecule has 0 fully saturated rings. The first-order chi connectivity index (χ1) is 22.3. The van der Waals surface area contributed by atoms with Crippen molar-refractivity contribution < 1.29 is 38.6 Å². The van der Waals surface area contributed by atoms with E-state index < -0.39 is 12.2 Å². The van der Waals surface area contributed by atoms with Crippen molar-refractivity contribution in [3.63, 3.8) is 0 Å². The third-order valence-electron chi connectivity index (χ3n) is 7.54. The van der Waals surface area contributed by atoms with Crippen molar-refractivity contribution in [2.45, 2.75) is 12.2 Å². The molecule has 4 aromatic carbocycles. The maximum Gasteiger partial charge on any atom is 0.161 e. The highest BCUT2D eigenvalue weighted by atomic mass is 16.5. The Kier molecular flexibility index (Phi) is 10.3. The van der Waals surface area contributed by atoms with Gasteiger partial charge in [-0.1, -0.05) is 12.1 Å². The van der Waals surface area contributed by atoms with Crippen LogP contribution in [-0.2, 0) is 7.05 Å². The van der Waals surface area contributed by atoms with E-state index in [0.29, 0.717) is 45.6 Å². The predicted octanol–water partition coefficient (Wildman–Crippen LogP) is 6.01. The molecule has 46 heavy (non-hydrogen) atoms. The first-order valence-corrected chi connectivity index (χ1v) is 14.6. The van der Waals surface area contributed by atoms with Gasteiger partial charge in [0.1, 0.15) is 42.7 Å². The first kappa shape index (κ1) is 32.2. The highest BCUT2D eigenvalue weighted by molar-refractivity contribution is 5.66. The van der Waals surface area contributed by atoms with Crippen LogP contribution in [0.2, 0.25) is 0 Å². The van der Waals surface area contributed by atoms with Gasteiger partial charge in [0, 0.05) is 24.4 Å². The van der Waals surface area contributed by atoms with Crippen LogP contribution in [0.5, 0.6) is 34.5 Å². The fraction of sp³-hybridized carbons (Fsp3) is 0.250. The lowest BCUT2D eigenvalue weighted by atomic mass is 10.1. The standard InChI is InChI=1S/C36H38N2O8/c1-38-20-29(23-6-12-27(13-7-23)45-21-30(39)25-10-16-32(41-2)34(18-25)43-4)37-36(38)24-8-14-28(15-9-24)46-22-31(40)26-11-17-33(42-3)35(19-26)44-5/h6-20,30-31,39-40H,21-22H2,1-5H3. The van der Waals surface area contributed by atoms with Crippen molar-refractivity contribution in [2.24, 2.45) is 7.05 Å². The number of imidazole rings is 1. The van der Waals surface area contributed by atoms with Crippen molar-refractivity contribution in [3.8, 4) is 57.1 Å². The molecule has 10 nitrogen and oxygen atoms in total. The molecule has 0 bridgehead atoms. The van der Waals surface area contributed by atoms with E-state index in [0.717, 1.165) is 22.6 Å². The number of methoxy groups -OCH3 is 4. The van der Waals surface area contributed by atoms with E-state index in [1.807, 2.05) is 66.3 Å². The third-order valence-corrected chi connectivity index (χ3v) is 7.54. The molecule has 0 aliphatic heterocycles. The minimum Gasteiger partial charge on any atom is -0.493 e. The van der Waals surface area contributed by atoms with E-state index in [9.17, 15) is 10.2 Å². The van der Waals surface area contributed by atoms with Gasteiger partial charge >= 0.3 is 0 Å². The zero-order chi connectivity index (χ0) is 32.6. The second kappa shape index (κ2) is 14.7. The Balaban J connectivity index is 1.18. The highest BCUT2D eigenvalue weighted by Crippen LogP contribution is 2.32. The van der Waals surface area contributed by atoms with Gasteiger partial charge in [0.25, 0.3) is 0 Å². The fourth-order valence-corrected chi connectivity index (χ4v) is 4.96. The number of aliphatic hydroxyl groups excluding tert-OH is 2. The number of hydrogen-bond donors (Lipinski definition) is 2. The average molecular weight is 627 g/mol. The average Bonchev–Trinajstić information content (AvgIpc) is 3.50. The van der Waals surface area contributed by atoms with E-state index in [-0.39, 0.29) is 13.2 Å². The predicted molar refractivity (Wildman–Crippen MR) is 174 cm³/mol. The Morgan fingerprint density at radius 3 is 1.46 bits per heavy atom. The van der Waals surface area contributed by atoms with Gasteiger partial charge in [-0.15, -0.1) is 0 Å². The molecule has 1 heterocycles. The van der Waals surface area contributed by atoms with Gasteiger partial charge in [-0.05, 0) is 83.9 Å². The summed E-state index contributed by atoms with van der Waals surface area (Å²) in [5, 5.41) is 21.3. The Bertz CT molecular complexity index is 1730. The molecule has 2 unspecified atom stereocenters. The van der Waals surface area contributed by atoms with Crippen LogP contribution >= 0.6 is 0 Å². The van der Waals surface area contributed by atoms with Crippen LogP contribution in [0.4, 0.5) is 0 Å². The van der Waals surface area contributed by atoms with Gasteiger partial charge in [0.2, 0.25) is 0 Å². The van der Waals surface area contributed by atoms with Crippen molar-refractivity contribution >= 4 is 0 Å². The smallest absolute Gasteiger partial charge is 0.161 e. The minimum atomic E-state index is -0.837. The molecule has 1 aromatic heterocycles. The van der Waals surface area contributed by atoms with Crippen molar-refractivity contribution in [3.05, 3.63) is 102 Å². The molecule has 0 amide bonds. The Morgan fingerprint density at radius 2 is 1.02 bits per heavy atom. The second-order valence-corrected chi connectivity index (χ2v) is 10.5. The zero-order valence-electron chi connectivity index (χ0n) is 26.5. The van der Waals surface area contributed by atoms with Crippen LogP contribution in [0.3, 0.4) is 0 Å². The molecule has 240 valence electrons. The maximum absolute atomic E-state index is 10.6. The Labute approximate surface area is 268 Å². The van der Waals surface area contributed by atoms with E-state index >= 15 is 0 Å². The number of aliphatic hydroxyl groups is 2. The lowest BCUT2D eigenvalue weighted by molar-refractivity contribution is 0.108. The van der Waals surface area contributed by atoms with Gasteiger partial charge in [-0.25, -0.2) is 4.98 Å². The van der Waals surface area contributed by atoms with Crippen molar-refractivity contribution in [2.75, 3.05) is 41.7 Å². The SMILES string of the molecule is COc1ccc(C(O)COc2ccc(-c3cn(C)c(-c4ccc(OCC(O)c5ccc(OC)c(OC)c5)cc4)n3)cc2)cc1OC. The van der Waals surface area contributed by atoms with Crippen molar-refractivity contribution in [1.29, 1.82) is 0 Å². The summed E-state index contributed by atoms with van der Waals surface area (Å²) in [5.41, 5.74) is 4.00. The zero-order valence-corrected chi connectivity index (χ0v) is 26.5. The summed E-state index contributed by atoms with van der Waals surface area (Å²) >= 11 is 0. The van der Waals surface area contributed by atoms with E-state index in [2.05, 4.69) is 0 Å². The van der Waals surface area contributed by atoms with Gasteiger partial charge in [0.15, 0.2) is 23.0 Å². The quantitative estimate of drug-likeness (QED) is 0.153. The van der Waals surface area contributed by atoms with E-state index in [1.165, 1.54) is 0 Å². The molecule has 0 spiro atoms. The largest absolute Gasteiger partial charge is 0.493 e. The van der Waals surface area contributed by atoms with E-state index in [4.69, 9.17) is 33.4 Å². The molecule has 0 saturated carbocycles. The van der Waals surface area contributed by atoms with Crippen LogP contribution in [0.15, 0.2) is 91.1 Å². The summed E-state index contributed by atoms with van der Waals surface area (Å²) in [6.07, 6.45) is 0.295. The number of aryl methyl sites for hydroxylation is 1. The van der Waals surface area contributed by atoms with Crippen LogP contribution in [0.25, 0.3) is 22.6 Å². The first-order valence-electron chi connectivity index (χ1n) is 14.6. The molecule has 2 N–H and O–H groups in total. The topological polar surface area (TPSA) is 114 Å². The molecule has 0 saturated heterocycles. The number of nitrogens with zero attached hydrogens (tertiary/aromatic N) is 2. The van der Waals surface area contributed by atoms with Gasteiger partial charge in [-0.2, -0.15) is 0 Å². The number of hydrogen-bond acceptors (Lipinski definition) is 9. The minimum absolute atomic E-state index is 0.0796. The number of aromatic nitrogens is 2. The molecule has 10 heteroatoms. The van der Waals surface area contributed by atoms with Crippen LogP contribution < -0.4 is 28.4 Å². The van der Waals surface area contributed by atoms with Crippen LogP contribution in [0.1, 0.15) is 23.3 Å². The van der Waals surface area contributed by atoms with Crippen molar-refractivity contribution in [1.82, 2.24) is 9.55 Å². The fourth-order valence-electron chi connectivity index (χ4n) is 4.96. The molecule has 0 radical (unpaired) electrons. The summed E-state index contributed by atoms with van der Waals surface area (Å²) in [6, 6.07) is 25.7. The highest BCUT2D eigenvalue weighted by Gasteiger charge is 2.15. The third kappa shape index (κ3) is 7.36. The molecule has 0 aliphatic carbocycles. The maximum atomic E-state index is 10.6. The molecule has 2 atom stereocenters. The summed E-state index contributed by atoms with van der Waals surface area (Å²) in [6.45, 7) is 0.160. The number of ether oxygens (including phenoxy) is 6. The molecular weight excluding hydrogens is 588 g/mol. The van der Waals surface area contributed by atoms with Gasteiger partial charge < -0.3 is 43.2 Å². The summed E-state index contributed by atoms with van der Waals surface area (Å²) < 4.78 is 34.8. The molecule has 0 aliphatic rings. The summed E-state index contributed by atoms with van der Waals surface area (Å²) in [7, 11) is 8.19. The monoisotopic (exact) mass is 626 g/mol.